The summed E-state index contributed by atoms with van der Waals surface area (Å²) in [6.45, 7) is 4.50. The predicted octanol–water partition coefficient (Wildman–Crippen LogP) is 7.76. The Hall–Kier alpha value is -3.57. The van der Waals surface area contributed by atoms with Gasteiger partial charge >= 0.3 is 5.97 Å². The van der Waals surface area contributed by atoms with Gasteiger partial charge in [0.1, 0.15) is 23.8 Å². The van der Waals surface area contributed by atoms with Crippen LogP contribution >= 0.6 is 11.6 Å². The fraction of sp³-hybridized carbons (Fsp3) is 0.267. The van der Waals surface area contributed by atoms with Crippen LogP contribution in [0.4, 0.5) is 0 Å². The third kappa shape index (κ3) is 4.89. The van der Waals surface area contributed by atoms with Crippen molar-refractivity contribution < 1.29 is 18.8 Å². The second-order valence-electron chi connectivity index (χ2n) is 9.43. The predicted molar refractivity (Wildman–Crippen MR) is 140 cm³/mol. The summed E-state index contributed by atoms with van der Waals surface area (Å²) in [5.41, 5.74) is 5.54. The van der Waals surface area contributed by atoms with Gasteiger partial charge in [-0.05, 0) is 53.6 Å². The summed E-state index contributed by atoms with van der Waals surface area (Å²) in [5, 5.41) is 5.01. The largest absolute Gasteiger partial charge is 0.489 e. The molecule has 184 valence electrons. The second-order valence-corrected chi connectivity index (χ2v) is 9.84. The number of esters is 1. The fourth-order valence-electron chi connectivity index (χ4n) is 4.71. The van der Waals surface area contributed by atoms with Crippen molar-refractivity contribution in [3.63, 3.8) is 0 Å². The Kier molecular flexibility index (Phi) is 6.84. The molecular weight excluding hydrogens is 474 g/mol. The molecule has 2 unspecified atom stereocenters. The van der Waals surface area contributed by atoms with Crippen LogP contribution in [0.2, 0.25) is 5.02 Å². The summed E-state index contributed by atoms with van der Waals surface area (Å²) in [6, 6.07) is 23.5. The number of aromatic nitrogens is 1. The van der Waals surface area contributed by atoms with E-state index >= 15 is 0 Å². The van der Waals surface area contributed by atoms with Gasteiger partial charge in [0.25, 0.3) is 0 Å². The lowest BCUT2D eigenvalue weighted by atomic mass is 10.0. The van der Waals surface area contributed by atoms with Crippen LogP contribution in [-0.2, 0) is 11.3 Å². The summed E-state index contributed by atoms with van der Waals surface area (Å²) in [7, 11) is 1.40. The van der Waals surface area contributed by atoms with Crippen LogP contribution in [0.1, 0.15) is 70.8 Å². The molecule has 3 aromatic carbocycles. The number of halogens is 1. The zero-order valence-electron chi connectivity index (χ0n) is 20.5. The van der Waals surface area contributed by atoms with Gasteiger partial charge in [-0.2, -0.15) is 0 Å². The molecule has 0 spiro atoms. The van der Waals surface area contributed by atoms with Gasteiger partial charge in [-0.15, -0.1) is 0 Å². The Morgan fingerprint density at radius 1 is 1.06 bits per heavy atom. The topological polar surface area (TPSA) is 61.6 Å². The van der Waals surface area contributed by atoms with E-state index in [9.17, 15) is 4.79 Å². The van der Waals surface area contributed by atoms with Gasteiger partial charge in [0.2, 0.25) is 0 Å². The first-order valence-electron chi connectivity index (χ1n) is 12.1. The van der Waals surface area contributed by atoms with Crippen molar-refractivity contribution in [3.8, 4) is 17.0 Å². The number of benzene rings is 3. The second kappa shape index (κ2) is 10.2. The minimum Gasteiger partial charge on any atom is -0.489 e. The molecule has 0 radical (unpaired) electrons. The number of ether oxygens (including phenoxy) is 2. The lowest BCUT2D eigenvalue weighted by molar-refractivity contribution is 0.0600. The monoisotopic (exact) mass is 501 g/mol. The summed E-state index contributed by atoms with van der Waals surface area (Å²) in [4.78, 5) is 11.9. The molecule has 0 saturated heterocycles. The summed E-state index contributed by atoms with van der Waals surface area (Å²) in [5.74, 6) is 2.03. The molecule has 1 fully saturated rings. The van der Waals surface area contributed by atoms with Crippen molar-refractivity contribution in [2.24, 2.45) is 0 Å². The number of methoxy groups -OCH3 is 1. The Balaban J connectivity index is 1.31. The molecule has 1 heterocycles. The number of carbonyl (C=O) groups excluding carboxylic acids is 1. The molecule has 1 aliphatic carbocycles. The number of nitrogens with zero attached hydrogens (tertiary/aromatic N) is 1. The zero-order valence-corrected chi connectivity index (χ0v) is 21.3. The molecule has 1 saturated carbocycles. The van der Waals surface area contributed by atoms with E-state index in [2.05, 4.69) is 25.1 Å². The van der Waals surface area contributed by atoms with Gasteiger partial charge in [0.15, 0.2) is 0 Å². The number of hydrogen-bond donors (Lipinski definition) is 0. The molecule has 0 N–H and O–H groups in total. The molecule has 0 amide bonds. The van der Waals surface area contributed by atoms with Crippen LogP contribution < -0.4 is 4.74 Å². The molecule has 36 heavy (non-hydrogen) atoms. The van der Waals surface area contributed by atoms with Crippen molar-refractivity contribution in [2.45, 2.75) is 44.6 Å². The van der Waals surface area contributed by atoms with E-state index in [0.29, 0.717) is 34.8 Å². The maximum Gasteiger partial charge on any atom is 0.337 e. The van der Waals surface area contributed by atoms with E-state index in [1.54, 1.807) is 6.07 Å². The van der Waals surface area contributed by atoms with Gasteiger partial charge in [0.05, 0.1) is 18.2 Å². The van der Waals surface area contributed by atoms with Crippen LogP contribution in [0.15, 0.2) is 77.3 Å². The van der Waals surface area contributed by atoms with E-state index in [-0.39, 0.29) is 11.9 Å². The Morgan fingerprint density at radius 2 is 1.86 bits per heavy atom. The SMILES string of the molecule is COC(=O)c1cccc(C2CC2c2ccc(OCc3c(-c4ccccc4)noc3C(C)C)cc2Cl)c1. The average molecular weight is 502 g/mol. The van der Waals surface area contributed by atoms with E-state index in [4.69, 9.17) is 25.6 Å². The molecular formula is C30H28ClNO4. The van der Waals surface area contributed by atoms with Crippen LogP contribution in [0.25, 0.3) is 11.3 Å². The van der Waals surface area contributed by atoms with Gasteiger partial charge < -0.3 is 14.0 Å². The number of rotatable bonds is 8. The quantitative estimate of drug-likeness (QED) is 0.231. The molecule has 5 nitrogen and oxygen atoms in total. The highest BCUT2D eigenvalue weighted by molar-refractivity contribution is 6.31. The average Bonchev–Trinajstić information content (AvgIpc) is 3.57. The van der Waals surface area contributed by atoms with Gasteiger partial charge in [-0.3, -0.25) is 0 Å². The highest BCUT2D eigenvalue weighted by Crippen LogP contribution is 2.56. The highest BCUT2D eigenvalue weighted by atomic mass is 35.5. The van der Waals surface area contributed by atoms with Crippen LogP contribution in [-0.4, -0.2) is 18.2 Å². The van der Waals surface area contributed by atoms with Crippen LogP contribution in [0, 0.1) is 0 Å². The third-order valence-electron chi connectivity index (χ3n) is 6.67. The highest BCUT2D eigenvalue weighted by Gasteiger charge is 2.40. The van der Waals surface area contributed by atoms with Crippen molar-refractivity contribution in [1.82, 2.24) is 5.16 Å². The Labute approximate surface area is 216 Å². The Morgan fingerprint density at radius 3 is 2.58 bits per heavy atom. The molecule has 2 atom stereocenters. The van der Waals surface area contributed by atoms with Crippen molar-refractivity contribution >= 4 is 17.6 Å². The molecule has 0 bridgehead atoms. The molecule has 5 rings (SSSR count). The molecule has 1 aromatic heterocycles. The number of hydrogen-bond acceptors (Lipinski definition) is 5. The molecule has 6 heteroatoms. The summed E-state index contributed by atoms with van der Waals surface area (Å²) < 4.78 is 16.7. The normalized spacial score (nSPS) is 16.7. The van der Waals surface area contributed by atoms with Crippen molar-refractivity contribution in [3.05, 3.63) is 106 Å². The first-order valence-corrected chi connectivity index (χ1v) is 12.5. The molecule has 4 aromatic rings. The van der Waals surface area contributed by atoms with Crippen LogP contribution in [0.3, 0.4) is 0 Å². The summed E-state index contributed by atoms with van der Waals surface area (Å²) in [6.07, 6.45) is 0.990. The minimum atomic E-state index is -0.322. The van der Waals surface area contributed by atoms with Crippen molar-refractivity contribution in [1.29, 1.82) is 0 Å². The smallest absolute Gasteiger partial charge is 0.337 e. The van der Waals surface area contributed by atoms with E-state index in [1.165, 1.54) is 7.11 Å². The molecule has 0 aliphatic heterocycles. The maximum atomic E-state index is 11.9. The maximum absolute atomic E-state index is 11.9. The lowest BCUT2D eigenvalue weighted by Gasteiger charge is -2.11. The standard InChI is InChI=1S/C30H28ClNO4/c1-18(2)29-26(28(32-36-29)19-8-5-4-6-9-19)17-35-22-12-13-23(27(31)15-22)25-16-24(25)20-10-7-11-21(14-20)30(33)34-3/h4-15,18,24-25H,16-17H2,1-3H3. The number of carbonyl (C=O) groups is 1. The molecule has 1 aliphatic rings. The first-order chi connectivity index (χ1) is 17.5. The van der Waals surface area contributed by atoms with E-state index in [0.717, 1.165) is 40.1 Å². The van der Waals surface area contributed by atoms with Gasteiger partial charge in [0, 0.05) is 16.5 Å². The fourth-order valence-corrected chi connectivity index (χ4v) is 5.02. The zero-order chi connectivity index (χ0) is 25.2. The lowest BCUT2D eigenvalue weighted by Crippen LogP contribution is -2.01. The van der Waals surface area contributed by atoms with Crippen molar-refractivity contribution in [2.75, 3.05) is 7.11 Å². The van der Waals surface area contributed by atoms with Gasteiger partial charge in [-0.1, -0.05) is 79.1 Å². The first kappa shape index (κ1) is 24.1. The third-order valence-corrected chi connectivity index (χ3v) is 7.00. The summed E-state index contributed by atoms with van der Waals surface area (Å²) >= 11 is 6.71. The van der Waals surface area contributed by atoms with E-state index in [1.807, 2.05) is 60.7 Å². The minimum absolute atomic E-state index is 0.184. The van der Waals surface area contributed by atoms with Crippen LogP contribution in [0.5, 0.6) is 5.75 Å². The Bertz CT molecular complexity index is 1380. The van der Waals surface area contributed by atoms with E-state index < -0.39 is 0 Å². The van der Waals surface area contributed by atoms with Gasteiger partial charge in [-0.25, -0.2) is 4.79 Å².